The number of anilines is 1. The van der Waals surface area contributed by atoms with E-state index in [1.165, 1.54) is 0 Å². The van der Waals surface area contributed by atoms with Crippen molar-refractivity contribution in [3.05, 3.63) is 59.2 Å². The predicted molar refractivity (Wildman–Crippen MR) is 104 cm³/mol. The van der Waals surface area contributed by atoms with E-state index in [-0.39, 0.29) is 11.8 Å². The second-order valence-electron chi connectivity index (χ2n) is 6.78. The molecule has 146 valence electrons. The number of fused-ring (bicyclic) bond motifs is 1. The second-order valence-corrected chi connectivity index (χ2v) is 6.78. The molecule has 1 N–H and O–H groups in total. The third-order valence-corrected chi connectivity index (χ3v) is 4.72. The quantitative estimate of drug-likeness (QED) is 0.829. The first-order chi connectivity index (χ1) is 13.3. The SMILES string of the molecule is CN(Cc1ccc(OCC(=O)O)cc1)C(=O)c1ccc2c(c1)CCC(=O)N2C. The zero-order chi connectivity index (χ0) is 20.3. The van der Waals surface area contributed by atoms with E-state index in [9.17, 15) is 14.4 Å². The number of carboxylic acids is 1. The van der Waals surface area contributed by atoms with Gasteiger partial charge in [-0.2, -0.15) is 0 Å². The third-order valence-electron chi connectivity index (χ3n) is 4.72. The van der Waals surface area contributed by atoms with Crippen LogP contribution in [0.15, 0.2) is 42.5 Å². The Kier molecular flexibility index (Phi) is 5.63. The van der Waals surface area contributed by atoms with Crippen molar-refractivity contribution in [2.24, 2.45) is 0 Å². The molecule has 1 heterocycles. The van der Waals surface area contributed by atoms with Gasteiger partial charge in [0, 0.05) is 38.3 Å². The molecule has 2 aromatic rings. The maximum absolute atomic E-state index is 12.8. The number of nitrogens with zero attached hydrogens (tertiary/aromatic N) is 2. The number of carbonyl (C=O) groups excluding carboxylic acids is 2. The van der Waals surface area contributed by atoms with Gasteiger partial charge in [-0.15, -0.1) is 0 Å². The van der Waals surface area contributed by atoms with Crippen molar-refractivity contribution in [1.29, 1.82) is 0 Å². The zero-order valence-electron chi connectivity index (χ0n) is 15.8. The average molecular weight is 382 g/mol. The number of hydrogen-bond donors (Lipinski definition) is 1. The molecule has 0 aromatic heterocycles. The van der Waals surface area contributed by atoms with E-state index in [4.69, 9.17) is 9.84 Å². The van der Waals surface area contributed by atoms with Crippen LogP contribution in [-0.2, 0) is 22.6 Å². The summed E-state index contributed by atoms with van der Waals surface area (Å²) in [5.74, 6) is -0.587. The first-order valence-corrected chi connectivity index (χ1v) is 8.93. The summed E-state index contributed by atoms with van der Waals surface area (Å²) in [5, 5.41) is 8.63. The molecule has 0 radical (unpaired) electrons. The fourth-order valence-electron chi connectivity index (χ4n) is 3.19. The Morgan fingerprint density at radius 2 is 1.86 bits per heavy atom. The minimum absolute atomic E-state index is 0.0828. The normalized spacial score (nSPS) is 13.1. The summed E-state index contributed by atoms with van der Waals surface area (Å²) in [6, 6.07) is 12.4. The molecule has 1 aliphatic heterocycles. The van der Waals surface area contributed by atoms with Crippen molar-refractivity contribution in [3.63, 3.8) is 0 Å². The van der Waals surface area contributed by atoms with Crippen LogP contribution in [0.2, 0.25) is 0 Å². The second kappa shape index (κ2) is 8.12. The van der Waals surface area contributed by atoms with Gasteiger partial charge in [0.05, 0.1) is 0 Å². The molecule has 1 aliphatic rings. The molecule has 28 heavy (non-hydrogen) atoms. The van der Waals surface area contributed by atoms with Crippen molar-refractivity contribution in [2.75, 3.05) is 25.6 Å². The van der Waals surface area contributed by atoms with Gasteiger partial charge in [-0.1, -0.05) is 12.1 Å². The molecule has 0 spiro atoms. The molecule has 0 atom stereocenters. The van der Waals surface area contributed by atoms with E-state index in [0.717, 1.165) is 16.8 Å². The van der Waals surface area contributed by atoms with Crippen LogP contribution in [0.5, 0.6) is 5.75 Å². The number of benzene rings is 2. The molecule has 0 saturated heterocycles. The van der Waals surface area contributed by atoms with Crippen molar-refractivity contribution >= 4 is 23.5 Å². The lowest BCUT2D eigenvalue weighted by Gasteiger charge is -2.26. The van der Waals surface area contributed by atoms with Crippen molar-refractivity contribution in [1.82, 2.24) is 4.90 Å². The monoisotopic (exact) mass is 382 g/mol. The van der Waals surface area contributed by atoms with Gasteiger partial charge in [-0.3, -0.25) is 9.59 Å². The highest BCUT2D eigenvalue weighted by Gasteiger charge is 2.22. The lowest BCUT2D eigenvalue weighted by Crippen LogP contribution is -2.31. The number of carbonyl (C=O) groups is 3. The van der Waals surface area contributed by atoms with Gasteiger partial charge in [-0.25, -0.2) is 4.79 Å². The van der Waals surface area contributed by atoms with Crippen LogP contribution >= 0.6 is 0 Å². The molecule has 0 saturated carbocycles. The highest BCUT2D eigenvalue weighted by atomic mass is 16.5. The van der Waals surface area contributed by atoms with Crippen molar-refractivity contribution in [3.8, 4) is 5.75 Å². The van der Waals surface area contributed by atoms with E-state index < -0.39 is 12.6 Å². The number of rotatable bonds is 6. The van der Waals surface area contributed by atoms with Crippen molar-refractivity contribution in [2.45, 2.75) is 19.4 Å². The van der Waals surface area contributed by atoms with E-state index in [1.807, 2.05) is 12.1 Å². The van der Waals surface area contributed by atoms with Crippen LogP contribution in [0.4, 0.5) is 5.69 Å². The molecule has 0 fully saturated rings. The Bertz CT molecular complexity index is 908. The Balaban J connectivity index is 1.66. The lowest BCUT2D eigenvalue weighted by atomic mass is 9.98. The molecular formula is C21H22N2O5. The maximum Gasteiger partial charge on any atom is 0.341 e. The third kappa shape index (κ3) is 4.31. The molecule has 3 rings (SSSR count). The maximum atomic E-state index is 12.8. The Labute approximate surface area is 163 Å². The molecule has 0 bridgehead atoms. The first kappa shape index (κ1) is 19.4. The first-order valence-electron chi connectivity index (χ1n) is 8.93. The summed E-state index contributed by atoms with van der Waals surface area (Å²) >= 11 is 0. The summed E-state index contributed by atoms with van der Waals surface area (Å²) in [7, 11) is 3.48. The molecule has 7 nitrogen and oxygen atoms in total. The van der Waals surface area contributed by atoms with Crippen LogP contribution in [0, 0.1) is 0 Å². The van der Waals surface area contributed by atoms with E-state index >= 15 is 0 Å². The summed E-state index contributed by atoms with van der Waals surface area (Å²) in [5.41, 5.74) is 3.35. The smallest absolute Gasteiger partial charge is 0.341 e. The number of hydrogen-bond acceptors (Lipinski definition) is 4. The number of amides is 2. The highest BCUT2D eigenvalue weighted by molar-refractivity contribution is 5.98. The van der Waals surface area contributed by atoms with Gasteiger partial charge in [0.1, 0.15) is 5.75 Å². The fraction of sp³-hybridized carbons (Fsp3) is 0.286. The highest BCUT2D eigenvalue weighted by Crippen LogP contribution is 2.28. The Morgan fingerprint density at radius 1 is 1.14 bits per heavy atom. The van der Waals surface area contributed by atoms with Gasteiger partial charge in [0.2, 0.25) is 5.91 Å². The molecule has 0 unspecified atom stereocenters. The minimum Gasteiger partial charge on any atom is -0.482 e. The summed E-state index contributed by atoms with van der Waals surface area (Å²) < 4.78 is 5.11. The van der Waals surface area contributed by atoms with Crippen LogP contribution in [0.1, 0.15) is 27.9 Å². The van der Waals surface area contributed by atoms with Gasteiger partial charge in [0.15, 0.2) is 6.61 Å². The number of aliphatic carboxylic acids is 1. The summed E-state index contributed by atoms with van der Waals surface area (Å²) in [4.78, 5) is 38.4. The van der Waals surface area contributed by atoms with Crippen LogP contribution < -0.4 is 9.64 Å². The van der Waals surface area contributed by atoms with Crippen molar-refractivity contribution < 1.29 is 24.2 Å². The van der Waals surface area contributed by atoms with E-state index in [0.29, 0.717) is 30.7 Å². The Hall–Kier alpha value is -3.35. The van der Waals surface area contributed by atoms with Crippen LogP contribution in [0.25, 0.3) is 0 Å². The molecule has 7 heteroatoms. The fourth-order valence-corrected chi connectivity index (χ4v) is 3.19. The average Bonchev–Trinajstić information content (AvgIpc) is 2.69. The molecule has 2 aromatic carbocycles. The number of ether oxygens (including phenoxy) is 1. The summed E-state index contributed by atoms with van der Waals surface area (Å²) in [6.07, 6.45) is 1.09. The number of carboxylic acid groups (broad SMARTS) is 1. The minimum atomic E-state index is -1.03. The van der Waals surface area contributed by atoms with Gasteiger partial charge in [0.25, 0.3) is 5.91 Å². The zero-order valence-corrected chi connectivity index (χ0v) is 15.8. The topological polar surface area (TPSA) is 87.1 Å². The lowest BCUT2D eigenvalue weighted by molar-refractivity contribution is -0.139. The largest absolute Gasteiger partial charge is 0.482 e. The van der Waals surface area contributed by atoms with Gasteiger partial charge >= 0.3 is 5.97 Å². The molecule has 2 amide bonds. The standard InChI is InChI=1S/C21H22N2O5/c1-22(12-14-3-7-17(8-4-14)28-13-20(25)26)21(27)16-5-9-18-15(11-16)6-10-19(24)23(18)2/h3-5,7-9,11H,6,10,12-13H2,1-2H3,(H,25,26). The van der Waals surface area contributed by atoms with Gasteiger partial charge < -0.3 is 19.6 Å². The predicted octanol–water partition coefficient (Wildman–Crippen LogP) is 2.33. The van der Waals surface area contributed by atoms with Crippen LogP contribution in [-0.4, -0.2) is 48.5 Å². The van der Waals surface area contributed by atoms with Gasteiger partial charge in [-0.05, 0) is 47.9 Å². The molecular weight excluding hydrogens is 360 g/mol. The number of aryl methyl sites for hydroxylation is 1. The van der Waals surface area contributed by atoms with E-state index in [1.54, 1.807) is 54.2 Å². The van der Waals surface area contributed by atoms with Crippen LogP contribution in [0.3, 0.4) is 0 Å². The van der Waals surface area contributed by atoms with E-state index in [2.05, 4.69) is 0 Å². The molecule has 0 aliphatic carbocycles. The Morgan fingerprint density at radius 3 is 2.54 bits per heavy atom. The summed E-state index contributed by atoms with van der Waals surface area (Å²) in [6.45, 7) is 0.0182.